The molecular formula is C16H16N2O2. The number of carbonyl (C=O) groups is 1. The number of nitrogens with one attached hydrogen (secondary N) is 1. The van der Waals surface area contributed by atoms with Crippen molar-refractivity contribution in [2.24, 2.45) is 0 Å². The summed E-state index contributed by atoms with van der Waals surface area (Å²) in [4.78, 5) is 11.3. The topological polar surface area (TPSA) is 64.3 Å². The second kappa shape index (κ2) is 5.25. The Balaban J connectivity index is 1.79. The number of rotatable bonds is 3. The summed E-state index contributed by atoms with van der Waals surface area (Å²) in [6.07, 6.45) is 1.23. The van der Waals surface area contributed by atoms with E-state index in [9.17, 15) is 4.79 Å². The minimum atomic E-state index is 0.0369. The van der Waals surface area contributed by atoms with Crippen LogP contribution in [0.4, 0.5) is 11.4 Å². The molecule has 4 heteroatoms. The maximum absolute atomic E-state index is 11.3. The lowest BCUT2D eigenvalue weighted by molar-refractivity contribution is -0.116. The van der Waals surface area contributed by atoms with Gasteiger partial charge in [-0.3, -0.25) is 4.79 Å². The van der Waals surface area contributed by atoms with Crippen LogP contribution in [0.25, 0.3) is 0 Å². The highest BCUT2D eigenvalue weighted by Gasteiger charge is 2.17. The average molecular weight is 268 g/mol. The van der Waals surface area contributed by atoms with Gasteiger partial charge in [-0.25, -0.2) is 0 Å². The van der Waals surface area contributed by atoms with Crippen molar-refractivity contribution >= 4 is 17.3 Å². The van der Waals surface area contributed by atoms with Crippen molar-refractivity contribution in [2.75, 3.05) is 11.1 Å². The van der Waals surface area contributed by atoms with Crippen molar-refractivity contribution in [1.82, 2.24) is 0 Å². The van der Waals surface area contributed by atoms with E-state index in [1.165, 1.54) is 0 Å². The van der Waals surface area contributed by atoms with Crippen LogP contribution in [0.3, 0.4) is 0 Å². The van der Waals surface area contributed by atoms with E-state index >= 15 is 0 Å². The fourth-order valence-corrected chi connectivity index (χ4v) is 2.28. The maximum Gasteiger partial charge on any atom is 0.224 e. The molecule has 3 rings (SSSR count). The molecule has 1 heterocycles. The number of benzene rings is 2. The molecule has 0 aromatic heterocycles. The molecule has 4 nitrogen and oxygen atoms in total. The van der Waals surface area contributed by atoms with Gasteiger partial charge in [0.2, 0.25) is 5.91 Å². The van der Waals surface area contributed by atoms with Gasteiger partial charge < -0.3 is 15.8 Å². The molecule has 3 N–H and O–H groups in total. The van der Waals surface area contributed by atoms with Gasteiger partial charge in [-0.15, -0.1) is 0 Å². The number of nitrogens with two attached hydrogens (primary N) is 1. The summed E-state index contributed by atoms with van der Waals surface area (Å²) in [6.45, 7) is 0.482. The van der Waals surface area contributed by atoms with E-state index in [1.54, 1.807) is 6.07 Å². The molecule has 0 bridgehead atoms. The van der Waals surface area contributed by atoms with Crippen LogP contribution in [-0.2, 0) is 17.8 Å². The molecule has 0 atom stereocenters. The van der Waals surface area contributed by atoms with Crippen LogP contribution in [0, 0.1) is 0 Å². The van der Waals surface area contributed by atoms with E-state index in [0.717, 1.165) is 23.2 Å². The first-order valence-electron chi connectivity index (χ1n) is 6.61. The Morgan fingerprint density at radius 1 is 1.15 bits per heavy atom. The van der Waals surface area contributed by atoms with Crippen LogP contribution in [-0.4, -0.2) is 5.91 Å². The van der Waals surface area contributed by atoms with Crippen molar-refractivity contribution in [3.63, 3.8) is 0 Å². The van der Waals surface area contributed by atoms with Crippen molar-refractivity contribution in [3.05, 3.63) is 53.6 Å². The molecule has 0 saturated heterocycles. The van der Waals surface area contributed by atoms with Crippen LogP contribution in [0.1, 0.15) is 17.5 Å². The summed E-state index contributed by atoms with van der Waals surface area (Å²) in [5, 5.41) is 2.83. The number of ether oxygens (including phenoxy) is 1. The van der Waals surface area contributed by atoms with E-state index in [1.807, 2.05) is 36.4 Å². The monoisotopic (exact) mass is 268 g/mol. The summed E-state index contributed by atoms with van der Waals surface area (Å²) in [5.74, 6) is 0.707. The van der Waals surface area contributed by atoms with E-state index in [0.29, 0.717) is 24.5 Å². The predicted octanol–water partition coefficient (Wildman–Crippen LogP) is 2.73. The number of hydrogen-bond acceptors (Lipinski definition) is 3. The van der Waals surface area contributed by atoms with Crippen molar-refractivity contribution in [2.45, 2.75) is 19.4 Å². The van der Waals surface area contributed by atoms with Gasteiger partial charge in [-0.05, 0) is 29.7 Å². The molecule has 1 aliphatic heterocycles. The van der Waals surface area contributed by atoms with Crippen molar-refractivity contribution < 1.29 is 9.53 Å². The third-order valence-corrected chi connectivity index (χ3v) is 3.37. The molecule has 0 fully saturated rings. The van der Waals surface area contributed by atoms with E-state index < -0.39 is 0 Å². The molecule has 102 valence electrons. The minimum Gasteiger partial charge on any atom is -0.487 e. The van der Waals surface area contributed by atoms with Gasteiger partial charge in [0, 0.05) is 12.1 Å². The summed E-state index contributed by atoms with van der Waals surface area (Å²) >= 11 is 0. The van der Waals surface area contributed by atoms with Gasteiger partial charge in [0.25, 0.3) is 0 Å². The summed E-state index contributed by atoms with van der Waals surface area (Å²) in [5.41, 5.74) is 9.48. The van der Waals surface area contributed by atoms with Crippen molar-refractivity contribution in [1.29, 1.82) is 0 Å². The summed E-state index contributed by atoms with van der Waals surface area (Å²) in [6, 6.07) is 13.6. The smallest absolute Gasteiger partial charge is 0.224 e. The zero-order valence-electron chi connectivity index (χ0n) is 11.1. The Kier molecular flexibility index (Phi) is 3.29. The first-order chi connectivity index (χ1) is 9.72. The standard InChI is InChI=1S/C16H16N2O2/c17-13-9-14-12(6-7-16(19)18-14)8-15(13)20-10-11-4-2-1-3-5-11/h1-5,8-9H,6-7,10,17H2,(H,18,19). The molecule has 1 aliphatic rings. The molecule has 0 saturated carbocycles. The molecule has 1 amide bonds. The Bertz CT molecular complexity index is 638. The third kappa shape index (κ3) is 2.59. The van der Waals surface area contributed by atoms with Crippen LogP contribution in [0.5, 0.6) is 5.75 Å². The minimum absolute atomic E-state index is 0.0369. The largest absolute Gasteiger partial charge is 0.487 e. The number of nitrogen functional groups attached to an aromatic ring is 1. The lowest BCUT2D eigenvalue weighted by Crippen LogP contribution is -2.19. The highest BCUT2D eigenvalue weighted by atomic mass is 16.5. The molecular weight excluding hydrogens is 252 g/mol. The maximum atomic E-state index is 11.3. The first-order valence-corrected chi connectivity index (χ1v) is 6.61. The number of hydrogen-bond donors (Lipinski definition) is 2. The first kappa shape index (κ1) is 12.5. The third-order valence-electron chi connectivity index (χ3n) is 3.37. The van der Waals surface area contributed by atoms with Crippen LogP contribution >= 0.6 is 0 Å². The Morgan fingerprint density at radius 3 is 2.75 bits per heavy atom. The van der Waals surface area contributed by atoms with E-state index in [2.05, 4.69) is 5.32 Å². The molecule has 0 unspecified atom stereocenters. The Hall–Kier alpha value is -2.49. The SMILES string of the molecule is Nc1cc2c(cc1OCc1ccccc1)CCC(=O)N2. The molecule has 0 spiro atoms. The fourth-order valence-electron chi connectivity index (χ4n) is 2.28. The van der Waals surface area contributed by atoms with E-state index in [-0.39, 0.29) is 5.91 Å². The zero-order valence-corrected chi connectivity index (χ0v) is 11.1. The van der Waals surface area contributed by atoms with Gasteiger partial charge in [0.1, 0.15) is 12.4 Å². The summed E-state index contributed by atoms with van der Waals surface area (Å²) < 4.78 is 5.78. The lowest BCUT2D eigenvalue weighted by Gasteiger charge is -2.19. The molecule has 20 heavy (non-hydrogen) atoms. The fraction of sp³-hybridized carbons (Fsp3) is 0.188. The second-order valence-electron chi connectivity index (χ2n) is 4.87. The summed E-state index contributed by atoms with van der Waals surface area (Å²) in [7, 11) is 0. The Morgan fingerprint density at radius 2 is 1.95 bits per heavy atom. The highest BCUT2D eigenvalue weighted by molar-refractivity contribution is 5.94. The van der Waals surface area contributed by atoms with Crippen LogP contribution < -0.4 is 15.8 Å². The van der Waals surface area contributed by atoms with Crippen LogP contribution in [0.15, 0.2) is 42.5 Å². The van der Waals surface area contributed by atoms with Gasteiger partial charge in [-0.1, -0.05) is 30.3 Å². The quantitative estimate of drug-likeness (QED) is 0.841. The predicted molar refractivity (Wildman–Crippen MR) is 78.6 cm³/mol. The molecule has 2 aromatic carbocycles. The number of aryl methyl sites for hydroxylation is 1. The van der Waals surface area contributed by atoms with Gasteiger partial charge in [-0.2, -0.15) is 0 Å². The molecule has 0 radical (unpaired) electrons. The normalized spacial score (nSPS) is 13.5. The van der Waals surface area contributed by atoms with Crippen molar-refractivity contribution in [3.8, 4) is 5.75 Å². The Labute approximate surface area is 117 Å². The van der Waals surface area contributed by atoms with Gasteiger partial charge >= 0.3 is 0 Å². The lowest BCUT2D eigenvalue weighted by atomic mass is 10.0. The number of carbonyl (C=O) groups excluding carboxylic acids is 1. The number of fused-ring (bicyclic) bond motifs is 1. The van der Waals surface area contributed by atoms with E-state index in [4.69, 9.17) is 10.5 Å². The van der Waals surface area contributed by atoms with Crippen LogP contribution in [0.2, 0.25) is 0 Å². The average Bonchev–Trinajstić information content (AvgIpc) is 2.46. The second-order valence-corrected chi connectivity index (χ2v) is 4.87. The van der Waals surface area contributed by atoms with Gasteiger partial charge in [0.05, 0.1) is 5.69 Å². The highest BCUT2D eigenvalue weighted by Crippen LogP contribution is 2.32. The van der Waals surface area contributed by atoms with Gasteiger partial charge in [0.15, 0.2) is 0 Å². The molecule has 2 aromatic rings. The molecule has 0 aliphatic carbocycles. The zero-order chi connectivity index (χ0) is 13.9. The number of anilines is 2. The number of amides is 1.